The van der Waals surface area contributed by atoms with Gasteiger partial charge in [-0.05, 0) is 92.6 Å². The third kappa shape index (κ3) is 3.35. The predicted octanol–water partition coefficient (Wildman–Crippen LogP) is 5.87. The van der Waals surface area contributed by atoms with Crippen molar-refractivity contribution in [3.05, 3.63) is 23.3 Å². The number of nitrogens with zero attached hydrogens (tertiary/aromatic N) is 1. The van der Waals surface area contributed by atoms with Crippen molar-refractivity contribution in [2.75, 3.05) is 13.7 Å². The molecule has 4 bridgehead atoms. The molecule has 1 N–H and O–H groups in total. The molecule has 5 saturated carbocycles. The summed E-state index contributed by atoms with van der Waals surface area (Å²) in [5.41, 5.74) is 2.16. The minimum absolute atomic E-state index is 0.166. The van der Waals surface area contributed by atoms with E-state index in [1.54, 1.807) is 7.11 Å². The minimum atomic E-state index is 0.166. The van der Waals surface area contributed by atoms with Gasteiger partial charge in [-0.25, -0.2) is 0 Å². The summed E-state index contributed by atoms with van der Waals surface area (Å²) in [6, 6.07) is 4.09. The van der Waals surface area contributed by atoms with Crippen LogP contribution < -0.4 is 4.74 Å². The van der Waals surface area contributed by atoms with Gasteiger partial charge in [0.25, 0.3) is 0 Å². The van der Waals surface area contributed by atoms with Gasteiger partial charge in [-0.15, -0.1) is 0 Å². The van der Waals surface area contributed by atoms with E-state index >= 15 is 0 Å². The molecule has 1 aromatic rings. The number of ether oxygens (including phenoxy) is 1. The molecule has 0 aliphatic heterocycles. The molecular formula is C25H35NO2. The molecule has 6 rings (SSSR count). The van der Waals surface area contributed by atoms with Crippen LogP contribution in [0.1, 0.15) is 81.8 Å². The van der Waals surface area contributed by atoms with Gasteiger partial charge in [0.2, 0.25) is 0 Å². The average molecular weight is 382 g/mol. The highest BCUT2D eigenvalue weighted by atomic mass is 16.5. The van der Waals surface area contributed by atoms with Crippen molar-refractivity contribution in [3.8, 4) is 11.5 Å². The second-order valence-corrected chi connectivity index (χ2v) is 10.3. The molecule has 0 spiro atoms. The van der Waals surface area contributed by atoms with Crippen LogP contribution in [0.15, 0.2) is 17.1 Å². The summed E-state index contributed by atoms with van der Waals surface area (Å²) in [4.78, 5) is 4.75. The Morgan fingerprint density at radius 2 is 1.68 bits per heavy atom. The van der Waals surface area contributed by atoms with Crippen LogP contribution in [-0.2, 0) is 5.41 Å². The number of hydrogen-bond acceptors (Lipinski definition) is 3. The van der Waals surface area contributed by atoms with E-state index in [-0.39, 0.29) is 5.41 Å². The average Bonchev–Trinajstić information content (AvgIpc) is 2.69. The Hall–Kier alpha value is -1.51. The lowest BCUT2D eigenvalue weighted by Crippen LogP contribution is -2.48. The summed E-state index contributed by atoms with van der Waals surface area (Å²) in [6.45, 7) is 0.892. The fraction of sp³-hybridized carbons (Fsp3) is 0.720. The predicted molar refractivity (Wildman–Crippen MR) is 114 cm³/mol. The van der Waals surface area contributed by atoms with Crippen LogP contribution in [0, 0.1) is 23.7 Å². The number of aromatic hydroxyl groups is 1. The van der Waals surface area contributed by atoms with Gasteiger partial charge in [0.05, 0.1) is 7.11 Å². The first kappa shape index (κ1) is 18.5. The summed E-state index contributed by atoms with van der Waals surface area (Å²) in [5.74, 6) is 4.64. The molecule has 0 heterocycles. The number of methoxy groups -OCH3 is 1. The summed E-state index contributed by atoms with van der Waals surface area (Å²) < 4.78 is 5.64. The van der Waals surface area contributed by atoms with Crippen molar-refractivity contribution in [1.29, 1.82) is 0 Å². The van der Waals surface area contributed by atoms with Gasteiger partial charge < -0.3 is 9.84 Å². The highest BCUT2D eigenvalue weighted by Crippen LogP contribution is 2.62. The lowest BCUT2D eigenvalue weighted by atomic mass is 9.48. The molecule has 0 atom stereocenters. The summed E-state index contributed by atoms with van der Waals surface area (Å²) in [7, 11) is 1.73. The highest BCUT2D eigenvalue weighted by molar-refractivity contribution is 5.85. The second kappa shape index (κ2) is 7.39. The monoisotopic (exact) mass is 381 g/mol. The second-order valence-electron chi connectivity index (χ2n) is 10.3. The van der Waals surface area contributed by atoms with Crippen molar-refractivity contribution >= 4 is 6.21 Å². The Morgan fingerprint density at radius 1 is 1.04 bits per heavy atom. The van der Waals surface area contributed by atoms with E-state index in [9.17, 15) is 5.11 Å². The van der Waals surface area contributed by atoms with Gasteiger partial charge in [-0.2, -0.15) is 0 Å². The zero-order valence-corrected chi connectivity index (χ0v) is 17.3. The van der Waals surface area contributed by atoms with Crippen LogP contribution in [0.4, 0.5) is 0 Å². The number of rotatable bonds is 5. The van der Waals surface area contributed by atoms with Crippen molar-refractivity contribution in [3.63, 3.8) is 0 Å². The largest absolute Gasteiger partial charge is 0.507 e. The van der Waals surface area contributed by atoms with Crippen LogP contribution in [0.2, 0.25) is 0 Å². The number of hydrogen-bond donors (Lipinski definition) is 1. The molecule has 0 amide bonds. The first-order chi connectivity index (χ1) is 13.6. The maximum atomic E-state index is 11.3. The number of phenols is 1. The molecular weight excluding hydrogens is 346 g/mol. The quantitative estimate of drug-likeness (QED) is 0.648. The molecule has 152 valence electrons. The first-order valence-electron chi connectivity index (χ1n) is 11.6. The molecule has 5 aliphatic carbocycles. The lowest BCUT2D eigenvalue weighted by molar-refractivity contribution is -0.00622. The summed E-state index contributed by atoms with van der Waals surface area (Å²) in [6.07, 6.45) is 16.6. The Labute approximate surface area is 169 Å². The molecule has 0 unspecified atom stereocenters. The van der Waals surface area contributed by atoms with Gasteiger partial charge in [-0.3, -0.25) is 4.99 Å². The van der Waals surface area contributed by atoms with Crippen LogP contribution in [0.3, 0.4) is 0 Å². The van der Waals surface area contributed by atoms with Gasteiger partial charge in [0.1, 0.15) is 11.5 Å². The van der Waals surface area contributed by atoms with Gasteiger partial charge in [0.15, 0.2) is 0 Å². The zero-order chi connectivity index (χ0) is 19.1. The molecule has 5 fully saturated rings. The zero-order valence-electron chi connectivity index (χ0n) is 17.3. The SMILES string of the molecule is COc1cc(C=NCC2CCCCC2)c(O)c(C23CC4CC(CC(C4)C2)C3)c1. The van der Waals surface area contributed by atoms with Crippen LogP contribution >= 0.6 is 0 Å². The van der Waals surface area contributed by atoms with Crippen molar-refractivity contribution in [2.45, 2.75) is 76.0 Å². The van der Waals surface area contributed by atoms with E-state index in [2.05, 4.69) is 6.07 Å². The van der Waals surface area contributed by atoms with E-state index in [4.69, 9.17) is 9.73 Å². The number of benzene rings is 1. The van der Waals surface area contributed by atoms with Crippen molar-refractivity contribution in [1.82, 2.24) is 0 Å². The fourth-order valence-electron chi connectivity index (χ4n) is 7.36. The number of aliphatic imine (C=N–C) groups is 1. The first-order valence-corrected chi connectivity index (χ1v) is 11.6. The molecule has 0 aromatic heterocycles. The molecule has 0 radical (unpaired) electrons. The van der Waals surface area contributed by atoms with E-state index in [1.165, 1.54) is 70.6 Å². The van der Waals surface area contributed by atoms with Crippen LogP contribution in [0.5, 0.6) is 11.5 Å². The molecule has 28 heavy (non-hydrogen) atoms. The molecule has 1 aromatic carbocycles. The molecule has 0 saturated heterocycles. The van der Waals surface area contributed by atoms with Crippen LogP contribution in [-0.4, -0.2) is 25.0 Å². The summed E-state index contributed by atoms with van der Waals surface area (Å²) >= 11 is 0. The van der Waals surface area contributed by atoms with E-state index in [1.807, 2.05) is 12.3 Å². The molecule has 3 nitrogen and oxygen atoms in total. The van der Waals surface area contributed by atoms with Crippen LogP contribution in [0.25, 0.3) is 0 Å². The molecule has 3 heteroatoms. The third-order valence-corrected chi connectivity index (χ3v) is 8.28. The number of phenolic OH excluding ortho intramolecular Hbond substituents is 1. The van der Waals surface area contributed by atoms with Gasteiger partial charge in [-0.1, -0.05) is 19.3 Å². The third-order valence-electron chi connectivity index (χ3n) is 8.28. The minimum Gasteiger partial charge on any atom is -0.507 e. The van der Waals surface area contributed by atoms with E-state index in [0.717, 1.165) is 47.1 Å². The van der Waals surface area contributed by atoms with Crippen molar-refractivity contribution in [2.24, 2.45) is 28.7 Å². The van der Waals surface area contributed by atoms with Gasteiger partial charge in [0, 0.05) is 23.9 Å². The summed E-state index contributed by atoms with van der Waals surface area (Å²) in [5, 5.41) is 11.3. The van der Waals surface area contributed by atoms with E-state index in [0.29, 0.717) is 5.75 Å². The Bertz CT molecular complexity index is 712. The standard InChI is InChI=1S/C25H35NO2/c1-28-22-10-21(16-26-15-17-5-3-2-4-6-17)24(27)23(11-22)25-12-18-7-19(13-25)9-20(8-18)14-25/h10-11,16-20,27H,2-9,12-15H2,1H3. The smallest absolute Gasteiger partial charge is 0.128 e. The van der Waals surface area contributed by atoms with Gasteiger partial charge >= 0.3 is 0 Å². The fourth-order valence-corrected chi connectivity index (χ4v) is 7.36. The van der Waals surface area contributed by atoms with E-state index < -0.39 is 0 Å². The topological polar surface area (TPSA) is 41.8 Å². The normalized spacial score (nSPS) is 35.0. The Morgan fingerprint density at radius 3 is 2.29 bits per heavy atom. The lowest BCUT2D eigenvalue weighted by Gasteiger charge is -2.57. The maximum Gasteiger partial charge on any atom is 0.128 e. The van der Waals surface area contributed by atoms with Crippen molar-refractivity contribution < 1.29 is 9.84 Å². The maximum absolute atomic E-state index is 11.3. The Balaban J connectivity index is 1.43. The molecule has 5 aliphatic rings. The Kier molecular flexibility index (Phi) is 4.88. The highest BCUT2D eigenvalue weighted by Gasteiger charge is 2.52.